The van der Waals surface area contributed by atoms with Gasteiger partial charge >= 0.3 is 0 Å². The van der Waals surface area contributed by atoms with Gasteiger partial charge in [-0.15, -0.1) is 5.10 Å². The second kappa shape index (κ2) is 4.95. The molecule has 0 spiro atoms. The van der Waals surface area contributed by atoms with Crippen molar-refractivity contribution in [2.45, 2.75) is 19.8 Å². The van der Waals surface area contributed by atoms with Gasteiger partial charge in [0.05, 0.1) is 0 Å². The fourth-order valence-electron chi connectivity index (χ4n) is 1.39. The predicted octanol–water partition coefficient (Wildman–Crippen LogP) is 2.32. The minimum absolute atomic E-state index is 0.0444. The second-order valence-corrected chi connectivity index (χ2v) is 4.16. The maximum Gasteiger partial charge on any atom is 0.295 e. The number of anilines is 1. The zero-order valence-corrected chi connectivity index (χ0v) is 10.1. The number of amides is 1. The molecule has 1 amide bonds. The van der Waals surface area contributed by atoms with Crippen LogP contribution in [0.25, 0.3) is 0 Å². The van der Waals surface area contributed by atoms with Gasteiger partial charge in [0.25, 0.3) is 5.91 Å². The number of rotatable bonds is 3. The molecule has 94 valence electrons. The zero-order valence-electron chi connectivity index (χ0n) is 10.1. The van der Waals surface area contributed by atoms with Crippen molar-refractivity contribution in [3.63, 3.8) is 0 Å². The molecule has 18 heavy (non-hydrogen) atoms. The van der Waals surface area contributed by atoms with Crippen LogP contribution in [-0.2, 0) is 0 Å². The summed E-state index contributed by atoms with van der Waals surface area (Å²) in [6.45, 7) is 3.88. The molecule has 0 unspecified atom stereocenters. The lowest BCUT2D eigenvalue weighted by atomic mass is 10.2. The third-order valence-electron chi connectivity index (χ3n) is 2.34. The summed E-state index contributed by atoms with van der Waals surface area (Å²) in [4.78, 5) is 15.8. The zero-order chi connectivity index (χ0) is 13.1. The van der Waals surface area contributed by atoms with Crippen molar-refractivity contribution in [1.29, 1.82) is 0 Å². The normalized spacial score (nSPS) is 10.7. The molecule has 2 rings (SSSR count). The number of nitrogens with zero attached hydrogens (tertiary/aromatic N) is 2. The van der Waals surface area contributed by atoms with Gasteiger partial charge in [0, 0.05) is 11.6 Å². The van der Waals surface area contributed by atoms with Crippen molar-refractivity contribution >= 4 is 11.6 Å². The molecule has 0 saturated carbocycles. The summed E-state index contributed by atoms with van der Waals surface area (Å²) in [6, 6.07) is 5.65. The van der Waals surface area contributed by atoms with Crippen LogP contribution in [0.1, 0.15) is 36.2 Å². The van der Waals surface area contributed by atoms with E-state index in [0.29, 0.717) is 11.5 Å². The Morgan fingerprint density at radius 3 is 2.83 bits per heavy atom. The van der Waals surface area contributed by atoms with Crippen LogP contribution < -0.4 is 5.32 Å². The van der Waals surface area contributed by atoms with Crippen LogP contribution in [0.15, 0.2) is 24.3 Å². The average Bonchev–Trinajstić information content (AvgIpc) is 2.78. The van der Waals surface area contributed by atoms with Gasteiger partial charge in [0.2, 0.25) is 5.82 Å². The van der Waals surface area contributed by atoms with E-state index in [0.717, 1.165) is 0 Å². The first-order valence-corrected chi connectivity index (χ1v) is 5.55. The van der Waals surface area contributed by atoms with Crippen molar-refractivity contribution in [3.05, 3.63) is 41.7 Å². The number of hydrogen-bond acceptors (Lipinski definition) is 3. The Morgan fingerprint density at radius 1 is 1.44 bits per heavy atom. The minimum atomic E-state index is -0.469. The Hall–Kier alpha value is -2.24. The summed E-state index contributed by atoms with van der Waals surface area (Å²) in [5.41, 5.74) is 0.371. The molecule has 2 aromatic rings. The third-order valence-corrected chi connectivity index (χ3v) is 2.34. The van der Waals surface area contributed by atoms with E-state index >= 15 is 0 Å². The first-order chi connectivity index (χ1) is 8.56. The summed E-state index contributed by atoms with van der Waals surface area (Å²) in [5, 5.41) is 9.03. The van der Waals surface area contributed by atoms with Gasteiger partial charge in [-0.05, 0) is 18.2 Å². The van der Waals surface area contributed by atoms with Crippen LogP contribution in [0.4, 0.5) is 10.1 Å². The van der Waals surface area contributed by atoms with Crippen molar-refractivity contribution in [1.82, 2.24) is 15.2 Å². The summed E-state index contributed by atoms with van der Waals surface area (Å²) >= 11 is 0. The molecule has 0 aliphatic carbocycles. The third kappa shape index (κ3) is 2.71. The topological polar surface area (TPSA) is 70.7 Å². The van der Waals surface area contributed by atoms with E-state index in [9.17, 15) is 9.18 Å². The van der Waals surface area contributed by atoms with Crippen LogP contribution in [0.3, 0.4) is 0 Å². The number of nitrogens with one attached hydrogen (secondary N) is 2. The van der Waals surface area contributed by atoms with Gasteiger partial charge < -0.3 is 5.32 Å². The molecule has 0 radical (unpaired) electrons. The van der Waals surface area contributed by atoms with E-state index in [1.807, 2.05) is 13.8 Å². The van der Waals surface area contributed by atoms with E-state index in [4.69, 9.17) is 0 Å². The monoisotopic (exact) mass is 248 g/mol. The van der Waals surface area contributed by atoms with Crippen molar-refractivity contribution in [2.24, 2.45) is 0 Å². The molecule has 1 aromatic heterocycles. The lowest BCUT2D eigenvalue weighted by Gasteiger charge is -2.01. The highest BCUT2D eigenvalue weighted by Gasteiger charge is 2.14. The largest absolute Gasteiger partial charge is 0.319 e. The van der Waals surface area contributed by atoms with Crippen molar-refractivity contribution < 1.29 is 9.18 Å². The van der Waals surface area contributed by atoms with Crippen molar-refractivity contribution in [2.75, 3.05) is 5.32 Å². The van der Waals surface area contributed by atoms with Gasteiger partial charge in [-0.1, -0.05) is 19.9 Å². The molecule has 0 aliphatic heterocycles. The summed E-state index contributed by atoms with van der Waals surface area (Å²) in [7, 11) is 0. The number of aromatic nitrogens is 3. The number of aromatic amines is 1. The Labute approximate surface area is 103 Å². The highest BCUT2D eigenvalue weighted by Crippen LogP contribution is 2.11. The van der Waals surface area contributed by atoms with E-state index in [1.165, 1.54) is 18.2 Å². The Kier molecular flexibility index (Phi) is 3.36. The van der Waals surface area contributed by atoms with Crippen molar-refractivity contribution in [3.8, 4) is 0 Å². The molecule has 0 aliphatic rings. The van der Waals surface area contributed by atoms with Gasteiger partial charge in [0.15, 0.2) is 0 Å². The quantitative estimate of drug-likeness (QED) is 0.875. The summed E-state index contributed by atoms with van der Waals surface area (Å²) < 4.78 is 12.9. The van der Waals surface area contributed by atoms with E-state index in [-0.39, 0.29) is 11.7 Å². The van der Waals surface area contributed by atoms with Crippen LogP contribution in [0.2, 0.25) is 0 Å². The Bertz CT molecular complexity index is 565. The Morgan fingerprint density at radius 2 is 2.22 bits per heavy atom. The van der Waals surface area contributed by atoms with Gasteiger partial charge in [-0.3, -0.25) is 9.89 Å². The van der Waals surface area contributed by atoms with Crippen LogP contribution in [0.5, 0.6) is 0 Å². The summed E-state index contributed by atoms with van der Waals surface area (Å²) in [6.07, 6.45) is 0. The van der Waals surface area contributed by atoms with E-state index in [2.05, 4.69) is 20.5 Å². The number of benzene rings is 1. The number of hydrogen-bond donors (Lipinski definition) is 2. The van der Waals surface area contributed by atoms with E-state index in [1.54, 1.807) is 6.07 Å². The minimum Gasteiger partial charge on any atom is -0.319 e. The SMILES string of the molecule is CC(C)c1nc(C(=O)Nc2cccc(F)c2)n[nH]1. The number of halogens is 1. The molecule has 0 fully saturated rings. The fraction of sp³-hybridized carbons (Fsp3) is 0.250. The fourth-order valence-corrected chi connectivity index (χ4v) is 1.39. The molecule has 0 saturated heterocycles. The molecule has 0 atom stereocenters. The molecular weight excluding hydrogens is 235 g/mol. The number of carbonyl (C=O) groups is 1. The molecule has 0 bridgehead atoms. The maximum atomic E-state index is 12.9. The number of H-pyrrole nitrogens is 1. The van der Waals surface area contributed by atoms with Crippen LogP contribution in [-0.4, -0.2) is 21.1 Å². The first-order valence-electron chi connectivity index (χ1n) is 5.55. The summed E-state index contributed by atoms with van der Waals surface area (Å²) in [5.74, 6) is -0.0371. The molecule has 1 heterocycles. The molecule has 2 N–H and O–H groups in total. The predicted molar refractivity (Wildman–Crippen MR) is 64.8 cm³/mol. The Balaban J connectivity index is 2.12. The molecule has 5 nitrogen and oxygen atoms in total. The highest BCUT2D eigenvalue weighted by molar-refractivity contribution is 6.01. The lowest BCUT2D eigenvalue weighted by molar-refractivity contribution is 0.101. The smallest absolute Gasteiger partial charge is 0.295 e. The molecule has 1 aromatic carbocycles. The maximum absolute atomic E-state index is 12.9. The first kappa shape index (κ1) is 12.2. The average molecular weight is 248 g/mol. The molecule has 6 heteroatoms. The van der Waals surface area contributed by atoms with Crippen LogP contribution in [0, 0.1) is 5.82 Å². The standard InChI is InChI=1S/C12H13FN4O/c1-7(2)10-15-11(17-16-10)12(18)14-9-5-3-4-8(13)6-9/h3-7H,1-2H3,(H,14,18)(H,15,16,17). The van der Waals surface area contributed by atoms with E-state index < -0.39 is 11.7 Å². The van der Waals surface area contributed by atoms with Gasteiger partial charge in [-0.25, -0.2) is 9.37 Å². The molecular formula is C12H13FN4O. The number of carbonyl (C=O) groups excluding carboxylic acids is 1. The highest BCUT2D eigenvalue weighted by atomic mass is 19.1. The van der Waals surface area contributed by atoms with Crippen LogP contribution >= 0.6 is 0 Å². The second-order valence-electron chi connectivity index (χ2n) is 4.16. The van der Waals surface area contributed by atoms with Gasteiger partial charge in [0.1, 0.15) is 11.6 Å². The lowest BCUT2D eigenvalue weighted by Crippen LogP contribution is -2.14. The van der Waals surface area contributed by atoms with Gasteiger partial charge in [-0.2, -0.15) is 0 Å².